The van der Waals surface area contributed by atoms with E-state index >= 15 is 0 Å². The fraction of sp³-hybridized carbons (Fsp3) is 1.00. The van der Waals surface area contributed by atoms with E-state index in [1.807, 2.05) is 0 Å². The van der Waals surface area contributed by atoms with Crippen LogP contribution in [0.4, 0.5) is 0 Å². The molecule has 2 saturated carbocycles. The molecule has 0 heterocycles. The van der Waals surface area contributed by atoms with E-state index in [1.165, 1.54) is 83.5 Å². The van der Waals surface area contributed by atoms with E-state index in [0.717, 1.165) is 11.8 Å². The van der Waals surface area contributed by atoms with Gasteiger partial charge in [0.2, 0.25) is 0 Å². The molecule has 2 fully saturated rings. The zero-order valence-corrected chi connectivity index (χ0v) is 13.9. The average molecular weight is 285 g/mol. The monoisotopic (exact) mass is 284 g/mol. The predicted octanol–water partition coefficient (Wildman–Crippen LogP) is 3.69. The summed E-state index contributed by atoms with van der Waals surface area (Å²) in [6.07, 6.45) is 18.4. The molecule has 0 aliphatic heterocycles. The minimum absolute atomic E-state index is 0.387. The predicted molar refractivity (Wildman–Crippen MR) is 82.6 cm³/mol. The van der Waals surface area contributed by atoms with Gasteiger partial charge in [-0.25, -0.2) is 0 Å². The van der Waals surface area contributed by atoms with Crippen molar-refractivity contribution in [1.29, 1.82) is 0 Å². The van der Waals surface area contributed by atoms with Crippen LogP contribution in [0, 0.1) is 11.8 Å². The van der Waals surface area contributed by atoms with Gasteiger partial charge in [-0.3, -0.25) is 0 Å². The average Bonchev–Trinajstić information content (AvgIpc) is 2.82. The van der Waals surface area contributed by atoms with E-state index in [0.29, 0.717) is 6.10 Å². The highest BCUT2D eigenvalue weighted by molar-refractivity contribution is 6.15. The summed E-state index contributed by atoms with van der Waals surface area (Å²) in [6, 6.07) is 0. The molecule has 0 aromatic carbocycles. The Hall–Kier alpha value is 0.137. The van der Waals surface area contributed by atoms with E-state index < -0.39 is 10.0 Å². The first-order valence-electron chi connectivity index (χ1n) is 8.62. The van der Waals surface area contributed by atoms with Crippen LogP contribution in [0.25, 0.3) is 0 Å². The van der Waals surface area contributed by atoms with Crippen molar-refractivity contribution in [2.24, 2.45) is 11.8 Å². The number of hydrogen-bond acceptors (Lipinski definition) is 2. The van der Waals surface area contributed by atoms with E-state index in [-0.39, 0.29) is 0 Å². The van der Waals surface area contributed by atoms with Crippen LogP contribution >= 0.6 is 0 Å². The Balaban J connectivity index is 1.85. The molecule has 2 aliphatic carbocycles. The molecule has 0 aromatic rings. The van der Waals surface area contributed by atoms with Gasteiger partial charge >= 0.3 is 10.0 Å². The molecule has 0 aromatic heterocycles. The Labute approximate surface area is 121 Å². The second-order valence-corrected chi connectivity index (χ2v) is 7.27. The largest absolute Gasteiger partial charge is 0.415 e. The quantitative estimate of drug-likeness (QED) is 0.616. The number of hydrogen-bond donors (Lipinski definition) is 1. The molecule has 2 rings (SSSR count). The van der Waals surface area contributed by atoms with Gasteiger partial charge in [0.1, 0.15) is 0 Å². The maximum atomic E-state index is 9.34. The van der Waals surface area contributed by atoms with Crippen LogP contribution in [-0.2, 0) is 4.43 Å². The fourth-order valence-corrected chi connectivity index (χ4v) is 4.70. The van der Waals surface area contributed by atoms with Gasteiger partial charge in [0.05, 0.1) is 0 Å². The van der Waals surface area contributed by atoms with Crippen molar-refractivity contribution in [3.8, 4) is 0 Å². The lowest BCUT2D eigenvalue weighted by Crippen LogP contribution is -2.28. The molecule has 1 unspecified atom stereocenters. The van der Waals surface area contributed by atoms with Crippen LogP contribution in [0.2, 0.25) is 0 Å². The highest BCUT2D eigenvalue weighted by atomic mass is 28.2. The molecule has 1 atom stereocenters. The Bertz CT molecular complexity index is 219. The van der Waals surface area contributed by atoms with Gasteiger partial charge in [0, 0.05) is 6.10 Å². The Morgan fingerprint density at radius 3 is 1.89 bits per heavy atom. The normalized spacial score (nSPS) is 26.4. The topological polar surface area (TPSA) is 29.5 Å². The van der Waals surface area contributed by atoms with Crippen molar-refractivity contribution < 1.29 is 9.22 Å². The lowest BCUT2D eigenvalue weighted by atomic mass is 9.85. The Morgan fingerprint density at radius 2 is 1.37 bits per heavy atom. The third-order valence-corrected chi connectivity index (χ3v) is 5.83. The maximum absolute atomic E-state index is 9.34. The van der Waals surface area contributed by atoms with Crippen LogP contribution in [0.3, 0.4) is 0 Å². The Morgan fingerprint density at radius 1 is 0.842 bits per heavy atom. The van der Waals surface area contributed by atoms with Crippen LogP contribution in [-0.4, -0.2) is 20.9 Å². The second-order valence-electron chi connectivity index (χ2n) is 6.68. The Kier molecular flexibility index (Phi) is 7.47. The van der Waals surface area contributed by atoms with Crippen LogP contribution < -0.4 is 0 Å². The highest BCUT2D eigenvalue weighted by Crippen LogP contribution is 2.33. The standard InChI is InChI=1S/C16H32O2Si/c17-19-18-16(15-11-7-3-4-8-12-15)13-14-9-5-1-2-6-10-14/h14-17H,1-13,19H2. The first-order chi connectivity index (χ1) is 9.40. The van der Waals surface area contributed by atoms with Gasteiger partial charge in [-0.1, -0.05) is 64.2 Å². The van der Waals surface area contributed by atoms with E-state index in [1.54, 1.807) is 0 Å². The van der Waals surface area contributed by atoms with Crippen LogP contribution in [0.1, 0.15) is 83.5 Å². The minimum atomic E-state index is -1.25. The minimum Gasteiger partial charge on any atom is -0.415 e. The summed E-state index contributed by atoms with van der Waals surface area (Å²) in [5, 5.41) is 0. The summed E-state index contributed by atoms with van der Waals surface area (Å²) < 4.78 is 5.88. The smallest absolute Gasteiger partial charge is 0.302 e. The van der Waals surface area contributed by atoms with Crippen molar-refractivity contribution in [3.63, 3.8) is 0 Å². The molecule has 1 N–H and O–H groups in total. The van der Waals surface area contributed by atoms with Crippen LogP contribution in [0.15, 0.2) is 0 Å². The van der Waals surface area contributed by atoms with Crippen molar-refractivity contribution in [3.05, 3.63) is 0 Å². The summed E-state index contributed by atoms with van der Waals surface area (Å²) in [4.78, 5) is 9.34. The van der Waals surface area contributed by atoms with Gasteiger partial charge in [-0.2, -0.15) is 0 Å². The van der Waals surface area contributed by atoms with Gasteiger partial charge in [0.25, 0.3) is 0 Å². The molecule has 3 heteroatoms. The second kappa shape index (κ2) is 9.14. The lowest BCUT2D eigenvalue weighted by molar-refractivity contribution is 0.0830. The molecule has 0 amide bonds. The first kappa shape index (κ1) is 15.5. The summed E-state index contributed by atoms with van der Waals surface area (Å²) in [5.74, 6) is 1.61. The van der Waals surface area contributed by atoms with Crippen molar-refractivity contribution in [1.82, 2.24) is 0 Å². The first-order valence-corrected chi connectivity index (χ1v) is 9.83. The molecule has 0 spiro atoms. The number of rotatable bonds is 5. The molecule has 19 heavy (non-hydrogen) atoms. The highest BCUT2D eigenvalue weighted by Gasteiger charge is 2.26. The molecule has 112 valence electrons. The molecule has 2 nitrogen and oxygen atoms in total. The zero-order chi connectivity index (χ0) is 13.3. The van der Waals surface area contributed by atoms with Crippen LogP contribution in [0.5, 0.6) is 0 Å². The summed E-state index contributed by atoms with van der Waals surface area (Å²) in [6.45, 7) is 0. The van der Waals surface area contributed by atoms with Gasteiger partial charge in [-0.15, -0.1) is 0 Å². The summed E-state index contributed by atoms with van der Waals surface area (Å²) in [7, 11) is -1.25. The molecular formula is C16H32O2Si. The van der Waals surface area contributed by atoms with Gasteiger partial charge in [0.15, 0.2) is 0 Å². The lowest BCUT2D eigenvalue weighted by Gasteiger charge is -2.29. The molecule has 2 aliphatic rings. The SMILES string of the molecule is O[SiH2]OC(CC1CCCCCC1)C1CCCCCC1. The third kappa shape index (κ3) is 5.56. The van der Waals surface area contributed by atoms with E-state index in [2.05, 4.69) is 0 Å². The van der Waals surface area contributed by atoms with E-state index in [9.17, 15) is 4.80 Å². The van der Waals surface area contributed by atoms with Gasteiger partial charge < -0.3 is 9.22 Å². The van der Waals surface area contributed by atoms with Crippen molar-refractivity contribution in [2.45, 2.75) is 89.6 Å². The fourth-order valence-electron chi connectivity index (χ4n) is 4.10. The zero-order valence-electron chi connectivity index (χ0n) is 12.5. The molecule has 0 radical (unpaired) electrons. The molecular weight excluding hydrogens is 252 g/mol. The summed E-state index contributed by atoms with van der Waals surface area (Å²) in [5.41, 5.74) is 0. The maximum Gasteiger partial charge on any atom is 0.302 e. The molecule has 0 saturated heterocycles. The summed E-state index contributed by atoms with van der Waals surface area (Å²) >= 11 is 0. The van der Waals surface area contributed by atoms with E-state index in [4.69, 9.17) is 4.43 Å². The van der Waals surface area contributed by atoms with Gasteiger partial charge in [-0.05, 0) is 31.1 Å². The molecule has 0 bridgehead atoms. The van der Waals surface area contributed by atoms with Crippen molar-refractivity contribution >= 4 is 10.0 Å². The third-order valence-electron chi connectivity index (χ3n) is 5.25. The van der Waals surface area contributed by atoms with Crippen molar-refractivity contribution in [2.75, 3.05) is 0 Å².